The molecule has 2 aliphatic rings. The van der Waals surface area contributed by atoms with Gasteiger partial charge in [-0.25, -0.2) is 9.78 Å². The number of hydrogen-bond acceptors (Lipinski definition) is 5. The van der Waals surface area contributed by atoms with Crippen LogP contribution in [0.25, 0.3) is 11.1 Å². The second-order valence-electron chi connectivity index (χ2n) is 7.28. The third kappa shape index (κ3) is 4.07. The van der Waals surface area contributed by atoms with Crippen LogP contribution in [0.4, 0.5) is 4.79 Å². The molecule has 27 heavy (non-hydrogen) atoms. The average molecular weight is 371 g/mol. The van der Waals surface area contributed by atoms with Crippen molar-refractivity contribution in [1.82, 2.24) is 15.2 Å². The Morgan fingerprint density at radius 2 is 2.07 bits per heavy atom. The first-order chi connectivity index (χ1) is 13.2. The zero-order chi connectivity index (χ0) is 18.6. The second-order valence-corrected chi connectivity index (χ2v) is 7.28. The number of amides is 2. The maximum atomic E-state index is 12.4. The van der Waals surface area contributed by atoms with Crippen LogP contribution in [0.3, 0.4) is 0 Å². The summed E-state index contributed by atoms with van der Waals surface area (Å²) >= 11 is 0. The Hall–Kier alpha value is -2.57. The van der Waals surface area contributed by atoms with Crippen molar-refractivity contribution in [3.63, 3.8) is 0 Å². The van der Waals surface area contributed by atoms with Crippen LogP contribution >= 0.6 is 0 Å². The Bertz CT molecular complexity index is 826. The second kappa shape index (κ2) is 7.98. The van der Waals surface area contributed by atoms with E-state index in [2.05, 4.69) is 10.3 Å². The van der Waals surface area contributed by atoms with Gasteiger partial charge in [-0.1, -0.05) is 19.3 Å². The summed E-state index contributed by atoms with van der Waals surface area (Å²) in [6, 6.07) is 5.35. The summed E-state index contributed by atoms with van der Waals surface area (Å²) < 4.78 is 10.9. The summed E-state index contributed by atoms with van der Waals surface area (Å²) in [6.45, 7) is 1.97. The van der Waals surface area contributed by atoms with E-state index in [1.807, 2.05) is 6.07 Å². The number of nitrogens with zero attached hydrogens (tertiary/aromatic N) is 2. The van der Waals surface area contributed by atoms with Crippen molar-refractivity contribution in [2.45, 2.75) is 44.4 Å². The van der Waals surface area contributed by atoms with Gasteiger partial charge < -0.3 is 19.4 Å². The Morgan fingerprint density at radius 3 is 2.89 bits per heavy atom. The standard InChI is InChI=1S/C20H25N3O4/c24-18(21-9-11-23-10-4-12-26-20(23)25)15-7-8-16-17(13-15)27-19(22-16)14-5-2-1-3-6-14/h7-8,13-14H,1-6,9-12H2,(H,21,24). The van der Waals surface area contributed by atoms with Crippen LogP contribution in [0.2, 0.25) is 0 Å². The van der Waals surface area contributed by atoms with Crippen molar-refractivity contribution in [1.29, 1.82) is 0 Å². The molecule has 1 N–H and O–H groups in total. The SMILES string of the molecule is O=C(NCCN1CCCOC1=O)c1ccc2nc(C3CCCCC3)oc2c1. The predicted octanol–water partition coefficient (Wildman–Crippen LogP) is 3.45. The molecule has 2 aromatic rings. The molecule has 0 radical (unpaired) electrons. The van der Waals surface area contributed by atoms with Gasteiger partial charge in [0.2, 0.25) is 0 Å². The summed E-state index contributed by atoms with van der Waals surface area (Å²) in [6.07, 6.45) is 6.50. The monoisotopic (exact) mass is 371 g/mol. The van der Waals surface area contributed by atoms with Crippen LogP contribution in [0.5, 0.6) is 0 Å². The Balaban J connectivity index is 1.37. The molecule has 2 heterocycles. The Labute approximate surface area is 158 Å². The van der Waals surface area contributed by atoms with Gasteiger partial charge in [0.1, 0.15) is 5.52 Å². The van der Waals surface area contributed by atoms with Gasteiger partial charge in [0, 0.05) is 31.1 Å². The smallest absolute Gasteiger partial charge is 0.409 e. The van der Waals surface area contributed by atoms with E-state index in [1.54, 1.807) is 17.0 Å². The maximum absolute atomic E-state index is 12.4. The number of fused-ring (bicyclic) bond motifs is 1. The molecule has 1 aromatic carbocycles. The fourth-order valence-electron chi connectivity index (χ4n) is 3.81. The molecular formula is C20H25N3O4. The number of rotatable bonds is 5. The zero-order valence-electron chi connectivity index (χ0n) is 15.4. The number of carbonyl (C=O) groups is 2. The van der Waals surface area contributed by atoms with Crippen LogP contribution in [-0.2, 0) is 4.74 Å². The number of nitrogens with one attached hydrogen (secondary N) is 1. The number of aromatic nitrogens is 1. The van der Waals surface area contributed by atoms with Gasteiger partial charge in [-0.3, -0.25) is 4.79 Å². The lowest BCUT2D eigenvalue weighted by atomic mass is 9.89. The first-order valence-electron chi connectivity index (χ1n) is 9.81. The van der Waals surface area contributed by atoms with Gasteiger partial charge in [-0.15, -0.1) is 0 Å². The lowest BCUT2D eigenvalue weighted by molar-refractivity contribution is 0.0719. The van der Waals surface area contributed by atoms with E-state index in [4.69, 9.17) is 9.15 Å². The van der Waals surface area contributed by atoms with E-state index in [9.17, 15) is 9.59 Å². The number of oxazole rings is 1. The third-order valence-electron chi connectivity index (χ3n) is 5.34. The first-order valence-corrected chi connectivity index (χ1v) is 9.81. The maximum Gasteiger partial charge on any atom is 0.409 e. The van der Waals surface area contributed by atoms with Crippen molar-refractivity contribution in [2.24, 2.45) is 0 Å². The molecule has 2 fully saturated rings. The van der Waals surface area contributed by atoms with Crippen molar-refractivity contribution in [3.05, 3.63) is 29.7 Å². The van der Waals surface area contributed by atoms with Crippen LogP contribution < -0.4 is 5.32 Å². The molecule has 1 saturated carbocycles. The Kier molecular flexibility index (Phi) is 5.27. The molecule has 1 saturated heterocycles. The molecule has 0 spiro atoms. The fraction of sp³-hybridized carbons (Fsp3) is 0.550. The highest BCUT2D eigenvalue weighted by Crippen LogP contribution is 2.33. The highest BCUT2D eigenvalue weighted by Gasteiger charge is 2.22. The zero-order valence-corrected chi connectivity index (χ0v) is 15.4. The first kappa shape index (κ1) is 17.8. The molecule has 144 valence electrons. The fourth-order valence-corrected chi connectivity index (χ4v) is 3.81. The molecule has 0 unspecified atom stereocenters. The molecule has 0 atom stereocenters. The lowest BCUT2D eigenvalue weighted by Gasteiger charge is -2.26. The number of ether oxygens (including phenoxy) is 1. The summed E-state index contributed by atoms with van der Waals surface area (Å²) in [5.74, 6) is 1.01. The molecule has 7 nitrogen and oxygen atoms in total. The Morgan fingerprint density at radius 1 is 1.22 bits per heavy atom. The minimum absolute atomic E-state index is 0.183. The van der Waals surface area contributed by atoms with Crippen LogP contribution in [-0.4, -0.2) is 48.1 Å². The van der Waals surface area contributed by atoms with Gasteiger partial charge in [0.15, 0.2) is 11.5 Å². The van der Waals surface area contributed by atoms with Crippen molar-refractivity contribution in [3.8, 4) is 0 Å². The van der Waals surface area contributed by atoms with E-state index in [0.717, 1.165) is 30.7 Å². The third-order valence-corrected chi connectivity index (χ3v) is 5.34. The minimum atomic E-state index is -0.311. The van der Waals surface area contributed by atoms with Crippen molar-refractivity contribution < 1.29 is 18.7 Å². The van der Waals surface area contributed by atoms with E-state index in [-0.39, 0.29) is 12.0 Å². The number of carbonyl (C=O) groups excluding carboxylic acids is 2. The van der Waals surface area contributed by atoms with Crippen LogP contribution in [0.15, 0.2) is 22.6 Å². The molecule has 1 aliphatic heterocycles. The van der Waals surface area contributed by atoms with Gasteiger partial charge >= 0.3 is 6.09 Å². The van der Waals surface area contributed by atoms with Crippen molar-refractivity contribution in [2.75, 3.05) is 26.2 Å². The quantitative estimate of drug-likeness (QED) is 0.870. The summed E-state index contributed by atoms with van der Waals surface area (Å²) in [7, 11) is 0. The van der Waals surface area contributed by atoms with E-state index in [1.165, 1.54) is 19.3 Å². The summed E-state index contributed by atoms with van der Waals surface area (Å²) in [5.41, 5.74) is 1.99. The van der Waals surface area contributed by atoms with E-state index >= 15 is 0 Å². The number of cyclic esters (lactones) is 1. The minimum Gasteiger partial charge on any atom is -0.449 e. The topological polar surface area (TPSA) is 84.7 Å². The molecule has 1 aromatic heterocycles. The van der Waals surface area contributed by atoms with E-state index in [0.29, 0.717) is 43.3 Å². The van der Waals surface area contributed by atoms with Gasteiger partial charge in [-0.2, -0.15) is 0 Å². The van der Waals surface area contributed by atoms with Gasteiger partial charge in [0.05, 0.1) is 6.61 Å². The van der Waals surface area contributed by atoms with E-state index < -0.39 is 0 Å². The average Bonchev–Trinajstić information content (AvgIpc) is 3.13. The molecule has 2 amide bonds. The summed E-state index contributed by atoms with van der Waals surface area (Å²) in [5, 5.41) is 2.85. The molecule has 1 aliphatic carbocycles. The normalized spacial score (nSPS) is 18.5. The van der Waals surface area contributed by atoms with Crippen LogP contribution in [0, 0.1) is 0 Å². The largest absolute Gasteiger partial charge is 0.449 e. The predicted molar refractivity (Wildman–Crippen MR) is 99.7 cm³/mol. The van der Waals surface area contributed by atoms with Gasteiger partial charge in [-0.05, 0) is 37.5 Å². The number of benzene rings is 1. The van der Waals surface area contributed by atoms with Gasteiger partial charge in [0.25, 0.3) is 5.91 Å². The highest BCUT2D eigenvalue weighted by atomic mass is 16.6. The molecule has 4 rings (SSSR count). The molecule has 7 heteroatoms. The van der Waals surface area contributed by atoms with Crippen LogP contribution in [0.1, 0.15) is 60.7 Å². The number of hydrogen-bond donors (Lipinski definition) is 1. The lowest BCUT2D eigenvalue weighted by Crippen LogP contribution is -2.42. The van der Waals surface area contributed by atoms with Crippen molar-refractivity contribution >= 4 is 23.1 Å². The molecular weight excluding hydrogens is 346 g/mol. The summed E-state index contributed by atoms with van der Waals surface area (Å²) in [4.78, 5) is 30.2. The highest BCUT2D eigenvalue weighted by molar-refractivity contribution is 5.97. The molecule has 0 bridgehead atoms.